The van der Waals surface area contributed by atoms with Crippen molar-refractivity contribution in [1.29, 1.82) is 0 Å². The summed E-state index contributed by atoms with van der Waals surface area (Å²) >= 11 is 2.23. The molecule has 3 nitrogen and oxygen atoms in total. The van der Waals surface area contributed by atoms with Crippen LogP contribution >= 0.6 is 22.6 Å². The fourth-order valence-electron chi connectivity index (χ4n) is 1.29. The quantitative estimate of drug-likeness (QED) is 0.593. The molecular weight excluding hydrogens is 279 g/mol. The molecule has 2 heterocycles. The normalized spacial score (nSPS) is 10.6. The lowest BCUT2D eigenvalue weighted by Gasteiger charge is -1.95. The molecule has 0 atom stereocenters. The van der Waals surface area contributed by atoms with E-state index in [1.807, 2.05) is 23.9 Å². The van der Waals surface area contributed by atoms with Crippen LogP contribution in [-0.2, 0) is 7.05 Å². The summed E-state index contributed by atoms with van der Waals surface area (Å²) in [4.78, 5) is 14.7. The zero-order chi connectivity index (χ0) is 9.42. The minimum Gasteiger partial charge on any atom is -0.348 e. The number of carbonyl (C=O) groups is 1. The molecule has 4 heteroatoms. The van der Waals surface area contributed by atoms with E-state index in [0.29, 0.717) is 5.56 Å². The van der Waals surface area contributed by atoms with Crippen LogP contribution in [0.15, 0.2) is 18.5 Å². The van der Waals surface area contributed by atoms with Crippen molar-refractivity contribution in [1.82, 2.24) is 9.55 Å². The molecule has 2 rings (SSSR count). The maximum Gasteiger partial charge on any atom is 0.151 e. The van der Waals surface area contributed by atoms with Crippen LogP contribution in [0, 0.1) is 3.57 Å². The average Bonchev–Trinajstić information content (AvgIpc) is 2.42. The number of carbonyl (C=O) groups excluding carboxylic acids is 1. The van der Waals surface area contributed by atoms with Crippen LogP contribution in [-0.4, -0.2) is 15.8 Å². The zero-order valence-electron chi connectivity index (χ0n) is 6.99. The van der Waals surface area contributed by atoms with E-state index in [2.05, 4.69) is 27.6 Å². The number of halogens is 1. The molecular formula is C9H7IN2O. The van der Waals surface area contributed by atoms with Gasteiger partial charge >= 0.3 is 0 Å². The molecule has 0 amide bonds. The topological polar surface area (TPSA) is 34.9 Å². The Kier molecular flexibility index (Phi) is 2.07. The number of pyridine rings is 1. The molecule has 0 N–H and O–H groups in total. The van der Waals surface area contributed by atoms with Gasteiger partial charge in [0.15, 0.2) is 6.29 Å². The lowest BCUT2D eigenvalue weighted by Crippen LogP contribution is -1.87. The Morgan fingerprint density at radius 2 is 2.38 bits per heavy atom. The van der Waals surface area contributed by atoms with Gasteiger partial charge in [0, 0.05) is 25.0 Å². The Hall–Kier alpha value is -0.910. The van der Waals surface area contributed by atoms with Gasteiger partial charge in [0.05, 0.1) is 9.09 Å². The standard InChI is InChI=1S/C9H7IN2O/c1-12-4-7(10)9-8(12)2-6(5-13)3-11-9/h2-5H,1H3. The third kappa shape index (κ3) is 1.35. The Morgan fingerprint density at radius 1 is 1.62 bits per heavy atom. The van der Waals surface area contributed by atoms with Gasteiger partial charge in [-0.05, 0) is 28.7 Å². The van der Waals surface area contributed by atoms with Crippen molar-refractivity contribution in [2.45, 2.75) is 0 Å². The molecule has 0 saturated carbocycles. The fourth-order valence-corrected chi connectivity index (χ4v) is 2.12. The molecule has 0 aliphatic rings. The number of fused-ring (bicyclic) bond motifs is 1. The van der Waals surface area contributed by atoms with Crippen molar-refractivity contribution in [3.05, 3.63) is 27.6 Å². The highest BCUT2D eigenvalue weighted by molar-refractivity contribution is 14.1. The summed E-state index contributed by atoms with van der Waals surface area (Å²) in [5.74, 6) is 0. The smallest absolute Gasteiger partial charge is 0.151 e. The summed E-state index contributed by atoms with van der Waals surface area (Å²) in [6, 6.07) is 1.84. The van der Waals surface area contributed by atoms with Crippen LogP contribution in [0.1, 0.15) is 10.4 Å². The van der Waals surface area contributed by atoms with Crippen molar-refractivity contribution in [2.75, 3.05) is 0 Å². The van der Waals surface area contributed by atoms with E-state index in [1.54, 1.807) is 6.20 Å². The number of rotatable bonds is 1. The largest absolute Gasteiger partial charge is 0.348 e. The van der Waals surface area contributed by atoms with Crippen LogP contribution in [0.2, 0.25) is 0 Å². The number of hydrogen-bond donors (Lipinski definition) is 0. The molecule has 2 aromatic heterocycles. The first-order valence-electron chi connectivity index (χ1n) is 3.78. The number of aromatic nitrogens is 2. The molecule has 0 aliphatic carbocycles. The molecule has 0 radical (unpaired) electrons. The number of nitrogens with zero attached hydrogens (tertiary/aromatic N) is 2. The molecule has 0 saturated heterocycles. The van der Waals surface area contributed by atoms with Gasteiger partial charge in [0.1, 0.15) is 5.52 Å². The SMILES string of the molecule is Cn1cc(I)c2ncc(C=O)cc21. The number of aryl methyl sites for hydroxylation is 1. The Balaban J connectivity index is 2.83. The molecule has 0 fully saturated rings. The third-order valence-electron chi connectivity index (χ3n) is 1.94. The van der Waals surface area contributed by atoms with Crippen LogP contribution < -0.4 is 0 Å². The van der Waals surface area contributed by atoms with Gasteiger partial charge in [-0.25, -0.2) is 0 Å². The van der Waals surface area contributed by atoms with E-state index < -0.39 is 0 Å². The highest BCUT2D eigenvalue weighted by Gasteiger charge is 2.05. The summed E-state index contributed by atoms with van der Waals surface area (Å²) in [7, 11) is 1.95. The van der Waals surface area contributed by atoms with Crippen LogP contribution in [0.4, 0.5) is 0 Å². The lowest BCUT2D eigenvalue weighted by atomic mass is 10.3. The summed E-state index contributed by atoms with van der Waals surface area (Å²) in [6.45, 7) is 0. The van der Waals surface area contributed by atoms with Gasteiger partial charge < -0.3 is 4.57 Å². The van der Waals surface area contributed by atoms with Crippen LogP contribution in [0.3, 0.4) is 0 Å². The molecule has 66 valence electrons. The summed E-state index contributed by atoms with van der Waals surface area (Å²) in [6.07, 6.45) is 4.40. The Morgan fingerprint density at radius 3 is 3.08 bits per heavy atom. The van der Waals surface area contributed by atoms with Gasteiger partial charge in [-0.1, -0.05) is 0 Å². The van der Waals surface area contributed by atoms with Gasteiger partial charge in [-0.15, -0.1) is 0 Å². The first-order chi connectivity index (χ1) is 6.22. The Labute approximate surface area is 88.9 Å². The average molecular weight is 286 g/mol. The number of aldehydes is 1. The highest BCUT2D eigenvalue weighted by Crippen LogP contribution is 2.20. The van der Waals surface area contributed by atoms with Crippen molar-refractivity contribution >= 4 is 39.9 Å². The minimum absolute atomic E-state index is 0.616. The maximum atomic E-state index is 10.5. The summed E-state index contributed by atoms with van der Waals surface area (Å²) in [5, 5.41) is 0. The van der Waals surface area contributed by atoms with Gasteiger partial charge in [0.25, 0.3) is 0 Å². The second-order valence-corrected chi connectivity index (χ2v) is 4.00. The van der Waals surface area contributed by atoms with E-state index in [9.17, 15) is 4.79 Å². The molecule has 0 bridgehead atoms. The first-order valence-corrected chi connectivity index (χ1v) is 4.86. The van der Waals surface area contributed by atoms with Crippen LogP contribution in [0.25, 0.3) is 11.0 Å². The van der Waals surface area contributed by atoms with Crippen molar-refractivity contribution in [3.8, 4) is 0 Å². The third-order valence-corrected chi connectivity index (χ3v) is 2.73. The zero-order valence-corrected chi connectivity index (χ0v) is 9.15. The molecule has 13 heavy (non-hydrogen) atoms. The summed E-state index contributed by atoms with van der Waals surface area (Å²) in [5.41, 5.74) is 2.56. The van der Waals surface area contributed by atoms with Gasteiger partial charge in [-0.2, -0.15) is 0 Å². The van der Waals surface area contributed by atoms with Crippen LogP contribution in [0.5, 0.6) is 0 Å². The highest BCUT2D eigenvalue weighted by atomic mass is 127. The predicted octanol–water partition coefficient (Wildman–Crippen LogP) is 1.99. The summed E-state index contributed by atoms with van der Waals surface area (Å²) < 4.78 is 3.07. The molecule has 0 spiro atoms. The molecule has 0 unspecified atom stereocenters. The van der Waals surface area contributed by atoms with E-state index in [0.717, 1.165) is 20.9 Å². The predicted molar refractivity (Wildman–Crippen MR) is 58.8 cm³/mol. The molecule has 0 aliphatic heterocycles. The lowest BCUT2D eigenvalue weighted by molar-refractivity contribution is 0.112. The van der Waals surface area contributed by atoms with Gasteiger partial charge in [-0.3, -0.25) is 9.78 Å². The monoisotopic (exact) mass is 286 g/mol. The van der Waals surface area contributed by atoms with E-state index >= 15 is 0 Å². The number of hydrogen-bond acceptors (Lipinski definition) is 2. The van der Waals surface area contributed by atoms with Crippen molar-refractivity contribution in [2.24, 2.45) is 7.05 Å². The fraction of sp³-hybridized carbons (Fsp3) is 0.111. The second-order valence-electron chi connectivity index (χ2n) is 2.84. The van der Waals surface area contributed by atoms with E-state index in [-0.39, 0.29) is 0 Å². The van der Waals surface area contributed by atoms with Crippen molar-refractivity contribution in [3.63, 3.8) is 0 Å². The maximum absolute atomic E-state index is 10.5. The molecule has 0 aromatic carbocycles. The minimum atomic E-state index is 0.616. The Bertz CT molecular complexity index is 476. The van der Waals surface area contributed by atoms with E-state index in [4.69, 9.17) is 0 Å². The first kappa shape index (κ1) is 8.68. The van der Waals surface area contributed by atoms with E-state index in [1.165, 1.54) is 0 Å². The second kappa shape index (κ2) is 3.10. The molecule has 2 aromatic rings. The van der Waals surface area contributed by atoms with Crippen molar-refractivity contribution < 1.29 is 4.79 Å². The van der Waals surface area contributed by atoms with Gasteiger partial charge in [0.2, 0.25) is 0 Å².